The van der Waals surface area contributed by atoms with Gasteiger partial charge >= 0.3 is 0 Å². The largest absolute Gasteiger partial charge is 0.491 e. The van der Waals surface area contributed by atoms with Gasteiger partial charge in [0, 0.05) is 47.8 Å². The Hall–Kier alpha value is -4.63. The number of benzene rings is 1. The molecule has 0 unspecified atom stereocenters. The van der Waals surface area contributed by atoms with E-state index in [9.17, 15) is 0 Å². The van der Waals surface area contributed by atoms with E-state index in [1.807, 2.05) is 56.7 Å². The zero-order valence-electron chi connectivity index (χ0n) is 19.9. The Morgan fingerprint density at radius 1 is 0.889 bits per heavy atom. The predicted octanol–water partition coefficient (Wildman–Crippen LogP) is 4.57. The summed E-state index contributed by atoms with van der Waals surface area (Å²) in [6.45, 7) is 1.44. The van der Waals surface area contributed by atoms with E-state index in [0.29, 0.717) is 18.1 Å². The zero-order chi connectivity index (χ0) is 24.5. The first-order chi connectivity index (χ1) is 17.7. The summed E-state index contributed by atoms with van der Waals surface area (Å²) >= 11 is 0. The fraction of sp³-hybridized carbons (Fsp3) is 0.148. The van der Waals surface area contributed by atoms with E-state index in [-0.39, 0.29) is 0 Å². The van der Waals surface area contributed by atoms with Gasteiger partial charge in [-0.05, 0) is 61.6 Å². The Labute approximate surface area is 207 Å². The van der Waals surface area contributed by atoms with E-state index in [0.717, 1.165) is 56.7 Å². The molecule has 0 saturated carbocycles. The van der Waals surface area contributed by atoms with Crippen molar-refractivity contribution in [2.45, 2.75) is 0 Å². The minimum atomic E-state index is 0.602. The van der Waals surface area contributed by atoms with Gasteiger partial charge < -0.3 is 14.6 Å². The van der Waals surface area contributed by atoms with Crippen molar-refractivity contribution in [3.63, 3.8) is 0 Å². The molecular weight excluding hydrogens is 452 g/mol. The van der Waals surface area contributed by atoms with Crippen LogP contribution in [-0.4, -0.2) is 67.3 Å². The molecule has 5 heterocycles. The third kappa shape index (κ3) is 4.16. The fourth-order valence-corrected chi connectivity index (χ4v) is 4.17. The van der Waals surface area contributed by atoms with E-state index < -0.39 is 0 Å². The summed E-state index contributed by atoms with van der Waals surface area (Å²) in [6, 6.07) is 14.1. The lowest BCUT2D eigenvalue weighted by Crippen LogP contribution is -2.19. The summed E-state index contributed by atoms with van der Waals surface area (Å²) in [4.78, 5) is 23.3. The number of hydrogen-bond donors (Lipinski definition) is 2. The van der Waals surface area contributed by atoms with Crippen molar-refractivity contribution in [1.29, 1.82) is 0 Å². The Kier molecular flexibility index (Phi) is 5.59. The van der Waals surface area contributed by atoms with E-state index in [1.165, 1.54) is 0 Å². The lowest BCUT2D eigenvalue weighted by atomic mass is 10.0. The fourth-order valence-electron chi connectivity index (χ4n) is 4.17. The summed E-state index contributed by atoms with van der Waals surface area (Å²) < 4.78 is 5.88. The topological polar surface area (TPSA) is 108 Å². The molecule has 0 spiro atoms. The lowest BCUT2D eigenvalue weighted by Gasteiger charge is -2.11. The molecule has 178 valence electrons. The van der Waals surface area contributed by atoms with E-state index in [4.69, 9.17) is 9.72 Å². The first-order valence-electron chi connectivity index (χ1n) is 11.6. The predicted molar refractivity (Wildman–Crippen MR) is 139 cm³/mol. The maximum absolute atomic E-state index is 5.88. The maximum atomic E-state index is 5.88. The van der Waals surface area contributed by atoms with Crippen LogP contribution in [0.3, 0.4) is 0 Å². The van der Waals surface area contributed by atoms with Crippen LogP contribution in [0, 0.1) is 0 Å². The van der Waals surface area contributed by atoms with Crippen LogP contribution in [0.2, 0.25) is 0 Å². The smallest absolute Gasteiger partial charge is 0.178 e. The first kappa shape index (κ1) is 21.9. The molecule has 0 bridgehead atoms. The molecule has 0 fully saturated rings. The third-order valence-electron chi connectivity index (χ3n) is 6.02. The molecule has 1 aromatic carbocycles. The van der Waals surface area contributed by atoms with Crippen LogP contribution in [0.1, 0.15) is 0 Å². The van der Waals surface area contributed by atoms with Gasteiger partial charge in [0.25, 0.3) is 0 Å². The molecule has 9 heteroatoms. The normalized spacial score (nSPS) is 11.5. The molecule has 0 atom stereocenters. The van der Waals surface area contributed by atoms with Crippen molar-refractivity contribution in [2.24, 2.45) is 0 Å². The quantitative estimate of drug-likeness (QED) is 0.348. The molecule has 0 aliphatic carbocycles. The Balaban J connectivity index is 1.38. The highest BCUT2D eigenvalue weighted by Gasteiger charge is 2.16. The molecule has 6 rings (SSSR count). The van der Waals surface area contributed by atoms with Crippen molar-refractivity contribution < 1.29 is 4.74 Å². The average Bonchev–Trinajstić information content (AvgIpc) is 3.53. The van der Waals surface area contributed by atoms with Crippen molar-refractivity contribution in [1.82, 2.24) is 40.0 Å². The lowest BCUT2D eigenvalue weighted by molar-refractivity contribution is 0.261. The van der Waals surface area contributed by atoms with Crippen molar-refractivity contribution >= 4 is 22.1 Å². The highest BCUT2D eigenvalue weighted by Crippen LogP contribution is 2.32. The van der Waals surface area contributed by atoms with Gasteiger partial charge in [-0.2, -0.15) is 5.10 Å². The number of nitrogens with one attached hydrogen (secondary N) is 2. The van der Waals surface area contributed by atoms with E-state index in [2.05, 4.69) is 41.1 Å². The molecular formula is C27H24N8O. The van der Waals surface area contributed by atoms with Crippen molar-refractivity contribution in [2.75, 3.05) is 27.2 Å². The summed E-state index contributed by atoms with van der Waals surface area (Å²) in [6.07, 6.45) is 8.90. The minimum absolute atomic E-state index is 0.602. The molecule has 0 aliphatic rings. The van der Waals surface area contributed by atoms with Gasteiger partial charge in [-0.3, -0.25) is 15.1 Å². The maximum Gasteiger partial charge on any atom is 0.178 e. The number of fused-ring (bicyclic) bond motifs is 2. The van der Waals surface area contributed by atoms with Gasteiger partial charge in [0.05, 0.1) is 17.2 Å². The zero-order valence-corrected chi connectivity index (χ0v) is 19.9. The highest BCUT2D eigenvalue weighted by molar-refractivity contribution is 5.97. The van der Waals surface area contributed by atoms with Gasteiger partial charge in [-0.1, -0.05) is 6.07 Å². The summed E-state index contributed by atoms with van der Waals surface area (Å²) in [5, 5.41) is 8.65. The van der Waals surface area contributed by atoms with Gasteiger partial charge in [0.2, 0.25) is 0 Å². The molecule has 9 nitrogen and oxygen atoms in total. The Morgan fingerprint density at radius 2 is 1.78 bits per heavy atom. The van der Waals surface area contributed by atoms with Crippen LogP contribution in [0.4, 0.5) is 0 Å². The SMILES string of the molecule is CN(C)CCOc1cncc(-c2ccc3[nH]nc(-c4nc5nccc(-c6ccncc6)c5[nH]4)c3c2)c1. The minimum Gasteiger partial charge on any atom is -0.491 e. The first-order valence-corrected chi connectivity index (χ1v) is 11.6. The Bertz CT molecular complexity index is 1660. The second kappa shape index (κ2) is 9.20. The number of hydrogen-bond acceptors (Lipinski definition) is 7. The number of H-pyrrole nitrogens is 2. The second-order valence-corrected chi connectivity index (χ2v) is 8.77. The standard InChI is InChI=1S/C27H24N8O/c1-35(2)11-12-36-20-13-19(15-29-16-20)18-3-4-23-22(14-18)25(34-33-23)27-31-24-21(7-10-30-26(24)32-27)17-5-8-28-9-6-17/h3-10,13-16H,11-12H2,1-2H3,(H,33,34)(H,30,31,32). The van der Waals surface area contributed by atoms with Crippen LogP contribution in [0.25, 0.3) is 55.8 Å². The highest BCUT2D eigenvalue weighted by atomic mass is 16.5. The second-order valence-electron chi connectivity index (χ2n) is 8.77. The van der Waals surface area contributed by atoms with Crippen LogP contribution in [0.15, 0.2) is 73.4 Å². The van der Waals surface area contributed by atoms with Crippen molar-refractivity contribution in [3.05, 3.63) is 73.4 Å². The number of imidazole rings is 1. The monoisotopic (exact) mass is 476 g/mol. The Morgan fingerprint density at radius 3 is 2.64 bits per heavy atom. The van der Waals surface area contributed by atoms with Crippen LogP contribution in [0.5, 0.6) is 5.75 Å². The summed E-state index contributed by atoms with van der Waals surface area (Å²) in [5.41, 5.74) is 7.19. The van der Waals surface area contributed by atoms with E-state index >= 15 is 0 Å². The molecule has 0 aliphatic heterocycles. The van der Waals surface area contributed by atoms with Crippen LogP contribution < -0.4 is 4.74 Å². The molecule has 36 heavy (non-hydrogen) atoms. The molecule has 5 aromatic heterocycles. The van der Waals surface area contributed by atoms with Gasteiger partial charge in [-0.15, -0.1) is 0 Å². The van der Waals surface area contributed by atoms with E-state index in [1.54, 1.807) is 24.8 Å². The number of likely N-dealkylation sites (N-methyl/N-ethyl adjacent to an activating group) is 1. The molecule has 0 radical (unpaired) electrons. The molecule has 0 saturated heterocycles. The number of aromatic amines is 2. The van der Waals surface area contributed by atoms with Gasteiger partial charge in [0.15, 0.2) is 11.5 Å². The summed E-state index contributed by atoms with van der Waals surface area (Å²) in [5.74, 6) is 1.40. The van der Waals surface area contributed by atoms with Gasteiger partial charge in [-0.25, -0.2) is 9.97 Å². The molecule has 2 N–H and O–H groups in total. The number of rotatable bonds is 7. The summed E-state index contributed by atoms with van der Waals surface area (Å²) in [7, 11) is 4.04. The number of ether oxygens (including phenoxy) is 1. The molecule has 0 amide bonds. The van der Waals surface area contributed by atoms with Crippen LogP contribution >= 0.6 is 0 Å². The van der Waals surface area contributed by atoms with Crippen molar-refractivity contribution in [3.8, 4) is 39.5 Å². The average molecular weight is 477 g/mol. The molecule has 6 aromatic rings. The third-order valence-corrected chi connectivity index (χ3v) is 6.02. The number of aromatic nitrogens is 7. The van der Waals surface area contributed by atoms with Crippen LogP contribution in [-0.2, 0) is 0 Å². The number of pyridine rings is 3. The number of nitrogens with zero attached hydrogens (tertiary/aromatic N) is 6. The van der Waals surface area contributed by atoms with Gasteiger partial charge in [0.1, 0.15) is 18.1 Å².